The highest BCUT2D eigenvalue weighted by atomic mass is 79.9. The predicted octanol–water partition coefficient (Wildman–Crippen LogP) is 3.18. The van der Waals surface area contributed by atoms with Crippen LogP contribution in [-0.2, 0) is 19.4 Å². The fourth-order valence-electron chi connectivity index (χ4n) is 2.34. The molecule has 16 heavy (non-hydrogen) atoms. The van der Waals surface area contributed by atoms with E-state index in [1.54, 1.807) is 0 Å². The average Bonchev–Trinajstić information content (AvgIpc) is 2.87. The number of rotatable bonds is 2. The number of halogens is 1. The highest BCUT2D eigenvalue weighted by Crippen LogP contribution is 2.23. The zero-order valence-corrected chi connectivity index (χ0v) is 10.6. The second kappa shape index (κ2) is 4.06. The standard InChI is InChI=1S/C13H13BrN2/c14-13-7-15-16(9-13)8-10-4-5-11-2-1-3-12(11)6-10/h4-7,9H,1-3,8H2. The van der Waals surface area contributed by atoms with Crippen LogP contribution in [0, 0.1) is 0 Å². The zero-order chi connectivity index (χ0) is 11.0. The summed E-state index contributed by atoms with van der Waals surface area (Å²) in [4.78, 5) is 0. The van der Waals surface area contributed by atoms with Gasteiger partial charge in [0.05, 0.1) is 17.2 Å². The van der Waals surface area contributed by atoms with Crippen molar-refractivity contribution in [2.45, 2.75) is 25.8 Å². The monoisotopic (exact) mass is 276 g/mol. The molecule has 1 aromatic heterocycles. The van der Waals surface area contributed by atoms with Gasteiger partial charge in [-0.15, -0.1) is 0 Å². The van der Waals surface area contributed by atoms with E-state index < -0.39 is 0 Å². The van der Waals surface area contributed by atoms with E-state index in [-0.39, 0.29) is 0 Å². The molecule has 0 unspecified atom stereocenters. The first-order chi connectivity index (χ1) is 7.81. The van der Waals surface area contributed by atoms with Crippen molar-refractivity contribution < 1.29 is 0 Å². The summed E-state index contributed by atoms with van der Waals surface area (Å²) in [5.74, 6) is 0. The van der Waals surface area contributed by atoms with Crippen LogP contribution in [0.2, 0.25) is 0 Å². The van der Waals surface area contributed by atoms with E-state index in [9.17, 15) is 0 Å². The molecule has 1 heterocycles. The van der Waals surface area contributed by atoms with Gasteiger partial charge in [0.15, 0.2) is 0 Å². The maximum atomic E-state index is 4.27. The molecular weight excluding hydrogens is 264 g/mol. The lowest BCUT2D eigenvalue weighted by atomic mass is 10.1. The summed E-state index contributed by atoms with van der Waals surface area (Å²) in [6, 6.07) is 6.83. The SMILES string of the molecule is Brc1cnn(Cc2ccc3c(c2)CCC3)c1. The lowest BCUT2D eigenvalue weighted by Gasteiger charge is -2.05. The van der Waals surface area contributed by atoms with Crippen LogP contribution in [0.3, 0.4) is 0 Å². The van der Waals surface area contributed by atoms with Gasteiger partial charge in [-0.1, -0.05) is 18.2 Å². The Hall–Kier alpha value is -1.09. The second-order valence-corrected chi connectivity index (χ2v) is 5.23. The van der Waals surface area contributed by atoms with Crippen LogP contribution >= 0.6 is 15.9 Å². The highest BCUT2D eigenvalue weighted by Gasteiger charge is 2.10. The molecule has 0 aliphatic heterocycles. The lowest BCUT2D eigenvalue weighted by molar-refractivity contribution is 0.686. The minimum Gasteiger partial charge on any atom is -0.267 e. The summed E-state index contributed by atoms with van der Waals surface area (Å²) in [7, 11) is 0. The first-order valence-corrected chi connectivity index (χ1v) is 6.39. The van der Waals surface area contributed by atoms with Crippen molar-refractivity contribution in [3.63, 3.8) is 0 Å². The van der Waals surface area contributed by atoms with Crippen molar-refractivity contribution in [2.24, 2.45) is 0 Å². The minimum absolute atomic E-state index is 0.860. The van der Waals surface area contributed by atoms with E-state index in [4.69, 9.17) is 0 Å². The van der Waals surface area contributed by atoms with Gasteiger partial charge in [-0.2, -0.15) is 5.10 Å². The van der Waals surface area contributed by atoms with Crippen LogP contribution in [0.15, 0.2) is 35.1 Å². The Bertz CT molecular complexity index is 516. The molecule has 0 spiro atoms. The average molecular weight is 277 g/mol. The van der Waals surface area contributed by atoms with Crippen molar-refractivity contribution in [1.82, 2.24) is 9.78 Å². The summed E-state index contributed by atoms with van der Waals surface area (Å²) in [5.41, 5.74) is 4.41. The van der Waals surface area contributed by atoms with E-state index in [1.165, 1.54) is 36.0 Å². The van der Waals surface area contributed by atoms with Gasteiger partial charge < -0.3 is 0 Å². The normalized spacial score (nSPS) is 14.1. The van der Waals surface area contributed by atoms with Crippen LogP contribution in [-0.4, -0.2) is 9.78 Å². The third-order valence-corrected chi connectivity index (χ3v) is 3.52. The van der Waals surface area contributed by atoms with E-state index in [0.717, 1.165) is 11.0 Å². The molecular formula is C13H13BrN2. The minimum atomic E-state index is 0.860. The van der Waals surface area contributed by atoms with Gasteiger partial charge in [0, 0.05) is 6.20 Å². The molecule has 2 aromatic rings. The van der Waals surface area contributed by atoms with Gasteiger partial charge in [0.2, 0.25) is 0 Å². The van der Waals surface area contributed by atoms with Crippen LogP contribution in [0.1, 0.15) is 23.1 Å². The first-order valence-electron chi connectivity index (χ1n) is 5.60. The molecule has 0 saturated heterocycles. The fraction of sp³-hybridized carbons (Fsp3) is 0.308. The Morgan fingerprint density at radius 3 is 2.94 bits per heavy atom. The molecule has 0 N–H and O–H groups in total. The largest absolute Gasteiger partial charge is 0.267 e. The fourth-order valence-corrected chi connectivity index (χ4v) is 2.66. The third-order valence-electron chi connectivity index (χ3n) is 3.11. The van der Waals surface area contributed by atoms with Crippen molar-refractivity contribution in [3.8, 4) is 0 Å². The second-order valence-electron chi connectivity index (χ2n) is 4.31. The molecule has 1 aromatic carbocycles. The summed E-state index contributed by atoms with van der Waals surface area (Å²) >= 11 is 3.41. The van der Waals surface area contributed by atoms with Gasteiger partial charge in [0.25, 0.3) is 0 Å². The number of hydrogen-bond donors (Lipinski definition) is 0. The number of fused-ring (bicyclic) bond motifs is 1. The molecule has 2 nitrogen and oxygen atoms in total. The van der Waals surface area contributed by atoms with Gasteiger partial charge in [-0.05, 0) is 51.9 Å². The van der Waals surface area contributed by atoms with Crippen LogP contribution in [0.25, 0.3) is 0 Å². The topological polar surface area (TPSA) is 17.8 Å². The molecule has 3 heteroatoms. The molecule has 0 saturated carbocycles. The summed E-state index contributed by atoms with van der Waals surface area (Å²) in [5, 5.41) is 4.27. The Labute approximate surface area is 103 Å². The Balaban J connectivity index is 1.85. The Kier molecular flexibility index (Phi) is 2.56. The Morgan fingerprint density at radius 1 is 1.25 bits per heavy atom. The number of nitrogens with zero attached hydrogens (tertiary/aromatic N) is 2. The van der Waals surface area contributed by atoms with Crippen LogP contribution < -0.4 is 0 Å². The quantitative estimate of drug-likeness (QED) is 0.824. The molecule has 1 aliphatic rings. The molecule has 0 amide bonds. The van der Waals surface area contributed by atoms with Crippen LogP contribution in [0.4, 0.5) is 0 Å². The first kappa shape index (κ1) is 10.1. The molecule has 0 radical (unpaired) electrons. The van der Waals surface area contributed by atoms with Gasteiger partial charge in [0.1, 0.15) is 0 Å². The molecule has 82 valence electrons. The third kappa shape index (κ3) is 1.92. The molecule has 0 fully saturated rings. The lowest BCUT2D eigenvalue weighted by Crippen LogP contribution is -2.00. The van der Waals surface area contributed by atoms with E-state index in [0.29, 0.717) is 0 Å². The van der Waals surface area contributed by atoms with Gasteiger partial charge in [-0.25, -0.2) is 0 Å². The summed E-state index contributed by atoms with van der Waals surface area (Å²) in [6.45, 7) is 0.860. The van der Waals surface area contributed by atoms with Crippen molar-refractivity contribution in [2.75, 3.05) is 0 Å². The van der Waals surface area contributed by atoms with Crippen molar-refractivity contribution in [3.05, 3.63) is 51.8 Å². The number of aromatic nitrogens is 2. The summed E-state index contributed by atoms with van der Waals surface area (Å²) in [6.07, 6.45) is 7.64. The number of aryl methyl sites for hydroxylation is 2. The van der Waals surface area contributed by atoms with Crippen molar-refractivity contribution in [1.29, 1.82) is 0 Å². The van der Waals surface area contributed by atoms with Crippen molar-refractivity contribution >= 4 is 15.9 Å². The maximum Gasteiger partial charge on any atom is 0.0659 e. The molecule has 0 bridgehead atoms. The van der Waals surface area contributed by atoms with E-state index in [2.05, 4.69) is 39.2 Å². The highest BCUT2D eigenvalue weighted by molar-refractivity contribution is 9.10. The van der Waals surface area contributed by atoms with Gasteiger partial charge >= 0.3 is 0 Å². The number of benzene rings is 1. The zero-order valence-electron chi connectivity index (χ0n) is 8.99. The predicted molar refractivity (Wildman–Crippen MR) is 67.5 cm³/mol. The van der Waals surface area contributed by atoms with E-state index >= 15 is 0 Å². The van der Waals surface area contributed by atoms with Crippen LogP contribution in [0.5, 0.6) is 0 Å². The van der Waals surface area contributed by atoms with Gasteiger partial charge in [-0.3, -0.25) is 4.68 Å². The Morgan fingerprint density at radius 2 is 2.12 bits per heavy atom. The molecule has 1 aliphatic carbocycles. The van der Waals surface area contributed by atoms with E-state index in [1.807, 2.05) is 17.1 Å². The molecule has 3 rings (SSSR count). The molecule has 0 atom stereocenters. The smallest absolute Gasteiger partial charge is 0.0659 e. The number of hydrogen-bond acceptors (Lipinski definition) is 1. The summed E-state index contributed by atoms with van der Waals surface area (Å²) < 4.78 is 2.99. The maximum absolute atomic E-state index is 4.27.